The van der Waals surface area contributed by atoms with Crippen molar-refractivity contribution in [3.8, 4) is 0 Å². The number of hydrogen-bond acceptors (Lipinski definition) is 8. The zero-order valence-electron chi connectivity index (χ0n) is 22.0. The van der Waals surface area contributed by atoms with Crippen LogP contribution in [0.3, 0.4) is 0 Å². The second-order valence-corrected chi connectivity index (χ2v) is 12.5. The minimum absolute atomic E-state index is 0.271. The highest BCUT2D eigenvalue weighted by Gasteiger charge is 2.39. The predicted octanol–water partition coefficient (Wildman–Crippen LogP) is 3.98. The van der Waals surface area contributed by atoms with E-state index in [0.717, 1.165) is 37.8 Å². The van der Waals surface area contributed by atoms with E-state index in [4.69, 9.17) is 0 Å². The average Bonchev–Trinajstić information content (AvgIpc) is 3.58. The van der Waals surface area contributed by atoms with Crippen LogP contribution in [-0.2, 0) is 10.0 Å². The molecule has 2 aliphatic heterocycles. The monoisotopic (exact) mass is 550 g/mol. The molecule has 39 heavy (non-hydrogen) atoms. The molecule has 4 heterocycles. The number of hydrogen-bond donors (Lipinski definition) is 3. The van der Waals surface area contributed by atoms with Crippen LogP contribution in [0.15, 0.2) is 54.7 Å². The number of nitrogens with one attached hydrogen (secondary N) is 3. The zero-order chi connectivity index (χ0) is 27.3. The fourth-order valence-corrected chi connectivity index (χ4v) is 6.16. The van der Waals surface area contributed by atoms with Crippen molar-refractivity contribution in [2.24, 2.45) is 11.8 Å². The van der Waals surface area contributed by atoms with Crippen LogP contribution in [0.4, 0.5) is 38.9 Å². The number of para-hydroxylation sites is 2. The zero-order valence-corrected chi connectivity index (χ0v) is 22.8. The molecule has 0 aliphatic carbocycles. The number of anilines is 6. The minimum Gasteiger partial charge on any atom is -0.368 e. The number of fused-ring (bicyclic) bond motifs is 2. The van der Waals surface area contributed by atoms with Gasteiger partial charge in [0.25, 0.3) is 0 Å². The standard InChI is InChI=1S/C27H31FN8O2S/c1-34-13-17-15-36(16-18(17)14-34)23-9-8-19(12-21(23)28)30-27-32-25-20(10-11-29-25)26(33-27)31-22-6-4-5-7-24(22)35(2)39(3,37)38/h4-12,17-18H,13-16H2,1-3H3,(H3,29,30,31,32,33)/t17-,18+. The van der Waals surface area contributed by atoms with Crippen molar-refractivity contribution in [2.75, 3.05) is 66.4 Å². The fraction of sp³-hybridized carbons (Fsp3) is 0.333. The van der Waals surface area contributed by atoms with Gasteiger partial charge < -0.3 is 25.4 Å². The number of benzene rings is 2. The summed E-state index contributed by atoms with van der Waals surface area (Å²) in [4.78, 5) is 16.8. The topological polar surface area (TPSA) is 109 Å². The van der Waals surface area contributed by atoms with Gasteiger partial charge in [-0.2, -0.15) is 9.97 Å². The van der Waals surface area contributed by atoms with E-state index < -0.39 is 10.0 Å². The summed E-state index contributed by atoms with van der Waals surface area (Å²) in [5.41, 5.74) is 2.77. The largest absolute Gasteiger partial charge is 0.368 e. The number of nitrogens with zero attached hydrogens (tertiary/aromatic N) is 5. The van der Waals surface area contributed by atoms with Crippen molar-refractivity contribution in [3.05, 3.63) is 60.5 Å². The maximum atomic E-state index is 15.2. The Morgan fingerprint density at radius 1 is 1.03 bits per heavy atom. The third-order valence-corrected chi connectivity index (χ3v) is 8.81. The van der Waals surface area contributed by atoms with E-state index in [0.29, 0.717) is 46.1 Å². The predicted molar refractivity (Wildman–Crippen MR) is 153 cm³/mol. The second-order valence-electron chi connectivity index (χ2n) is 10.4. The molecule has 0 spiro atoms. The van der Waals surface area contributed by atoms with E-state index in [1.807, 2.05) is 24.3 Å². The van der Waals surface area contributed by atoms with Crippen molar-refractivity contribution in [1.82, 2.24) is 19.9 Å². The van der Waals surface area contributed by atoms with Gasteiger partial charge in [0, 0.05) is 45.1 Å². The van der Waals surface area contributed by atoms with Gasteiger partial charge in [0.2, 0.25) is 16.0 Å². The van der Waals surface area contributed by atoms with Gasteiger partial charge in [-0.1, -0.05) is 12.1 Å². The maximum Gasteiger partial charge on any atom is 0.232 e. The Hall–Kier alpha value is -3.90. The maximum absolute atomic E-state index is 15.2. The van der Waals surface area contributed by atoms with E-state index in [9.17, 15) is 8.42 Å². The number of halogens is 1. The Morgan fingerprint density at radius 3 is 2.49 bits per heavy atom. The molecule has 2 aliphatic rings. The lowest BCUT2D eigenvalue weighted by molar-refractivity contribution is 0.386. The molecule has 0 unspecified atom stereocenters. The molecular weight excluding hydrogens is 519 g/mol. The molecule has 0 saturated carbocycles. The van der Waals surface area contributed by atoms with Crippen LogP contribution in [-0.4, -0.2) is 74.8 Å². The number of rotatable bonds is 7. The van der Waals surface area contributed by atoms with Crippen molar-refractivity contribution in [1.29, 1.82) is 0 Å². The van der Waals surface area contributed by atoms with Crippen molar-refractivity contribution in [3.63, 3.8) is 0 Å². The Balaban J connectivity index is 1.26. The van der Waals surface area contributed by atoms with E-state index in [2.05, 4.69) is 42.4 Å². The van der Waals surface area contributed by atoms with Crippen molar-refractivity contribution < 1.29 is 12.8 Å². The molecule has 0 radical (unpaired) electrons. The van der Waals surface area contributed by atoms with Crippen LogP contribution >= 0.6 is 0 Å². The Labute approximate surface area is 226 Å². The van der Waals surface area contributed by atoms with Gasteiger partial charge in [-0.15, -0.1) is 0 Å². The highest BCUT2D eigenvalue weighted by molar-refractivity contribution is 7.92. The number of likely N-dealkylation sites (tertiary alicyclic amines) is 1. The number of H-pyrrole nitrogens is 1. The molecule has 0 bridgehead atoms. The van der Waals surface area contributed by atoms with Crippen LogP contribution < -0.4 is 19.8 Å². The smallest absolute Gasteiger partial charge is 0.232 e. The third kappa shape index (κ3) is 4.97. The SMILES string of the molecule is CN1C[C@@H]2CN(c3ccc(Nc4nc(Nc5ccccc5N(C)S(C)(=O)=O)c5cc[nH]c5n4)cc3F)C[C@@H]2C1. The number of sulfonamides is 1. The van der Waals surface area contributed by atoms with E-state index >= 15 is 4.39 Å². The van der Waals surface area contributed by atoms with Crippen LogP contribution in [0.1, 0.15) is 0 Å². The van der Waals surface area contributed by atoms with E-state index in [1.165, 1.54) is 17.4 Å². The molecule has 3 N–H and O–H groups in total. The minimum atomic E-state index is -3.47. The van der Waals surface area contributed by atoms with Crippen LogP contribution in [0.2, 0.25) is 0 Å². The summed E-state index contributed by atoms with van der Waals surface area (Å²) in [6, 6.07) is 14.0. The highest BCUT2D eigenvalue weighted by atomic mass is 32.2. The second kappa shape index (κ2) is 9.69. The quantitative estimate of drug-likeness (QED) is 0.317. The summed E-state index contributed by atoms with van der Waals surface area (Å²) in [7, 11) is 0.172. The lowest BCUT2D eigenvalue weighted by Crippen LogP contribution is -2.27. The molecular formula is C27H31FN8O2S. The summed E-state index contributed by atoms with van der Waals surface area (Å²) < 4.78 is 40.8. The molecule has 6 rings (SSSR count). The molecule has 2 aromatic heterocycles. The van der Waals surface area contributed by atoms with Gasteiger partial charge in [0.05, 0.1) is 28.7 Å². The molecule has 204 valence electrons. The van der Waals surface area contributed by atoms with Crippen molar-refractivity contribution >= 4 is 55.6 Å². The van der Waals surface area contributed by atoms with Gasteiger partial charge in [0.1, 0.15) is 17.3 Å². The van der Waals surface area contributed by atoms with Crippen LogP contribution in [0, 0.1) is 17.7 Å². The third-order valence-electron chi connectivity index (χ3n) is 7.62. The lowest BCUT2D eigenvalue weighted by atomic mass is 10.0. The van der Waals surface area contributed by atoms with Gasteiger partial charge in [-0.05, 0) is 55.3 Å². The first kappa shape index (κ1) is 25.4. The first-order valence-electron chi connectivity index (χ1n) is 12.8. The summed E-state index contributed by atoms with van der Waals surface area (Å²) >= 11 is 0. The summed E-state index contributed by atoms with van der Waals surface area (Å²) in [5, 5.41) is 7.11. The molecule has 2 fully saturated rings. The van der Waals surface area contributed by atoms with Crippen LogP contribution in [0.25, 0.3) is 11.0 Å². The molecule has 12 heteroatoms. The normalized spacial score (nSPS) is 19.4. The molecule has 2 aromatic carbocycles. The van der Waals surface area contributed by atoms with E-state index in [1.54, 1.807) is 24.4 Å². The first-order chi connectivity index (χ1) is 18.7. The van der Waals surface area contributed by atoms with Gasteiger partial charge in [0.15, 0.2) is 0 Å². The van der Waals surface area contributed by atoms with Crippen molar-refractivity contribution in [2.45, 2.75) is 0 Å². The molecule has 2 atom stereocenters. The van der Waals surface area contributed by atoms with Gasteiger partial charge in [-0.3, -0.25) is 4.31 Å². The Morgan fingerprint density at radius 2 is 1.77 bits per heavy atom. The average molecular weight is 551 g/mol. The summed E-state index contributed by atoms with van der Waals surface area (Å²) in [5.74, 6) is 1.63. The Bertz CT molecular complexity index is 1630. The first-order valence-corrected chi connectivity index (χ1v) is 14.7. The van der Waals surface area contributed by atoms with E-state index in [-0.39, 0.29) is 11.8 Å². The molecule has 4 aromatic rings. The lowest BCUT2D eigenvalue weighted by Gasteiger charge is -2.22. The fourth-order valence-electron chi connectivity index (χ4n) is 5.65. The number of aromatic nitrogens is 3. The molecule has 0 amide bonds. The summed E-state index contributed by atoms with van der Waals surface area (Å²) in [6.45, 7) is 3.87. The van der Waals surface area contributed by atoms with Gasteiger partial charge >= 0.3 is 0 Å². The highest BCUT2D eigenvalue weighted by Crippen LogP contribution is 2.36. The number of aromatic amines is 1. The van der Waals surface area contributed by atoms with Crippen LogP contribution in [0.5, 0.6) is 0 Å². The Kier molecular flexibility index (Phi) is 6.31. The van der Waals surface area contributed by atoms with Gasteiger partial charge in [-0.25, -0.2) is 12.8 Å². The molecule has 10 nitrogen and oxygen atoms in total. The molecule has 2 saturated heterocycles. The summed E-state index contributed by atoms with van der Waals surface area (Å²) in [6.07, 6.45) is 2.90.